The molecular formula is C21H24N8+2. The van der Waals surface area contributed by atoms with Gasteiger partial charge in [-0.3, -0.25) is 0 Å². The summed E-state index contributed by atoms with van der Waals surface area (Å²) in [4.78, 5) is 19.3. The van der Waals surface area contributed by atoms with Gasteiger partial charge in [0.1, 0.15) is 11.3 Å². The average molecular weight is 388 g/mol. The maximum Gasteiger partial charge on any atom is 0.402 e. The Balaban J connectivity index is 0.000000512. The standard InChI is InChI=1S/C17H8N8.4CH4/c1-2-10-19-12-5-6-14-21-16-8-7-15-20-13-4-3-11-18-9(1)22(10)17(23(11)13,24(12)14)25(15)16;;;;/h1-8H;4*1H4/q+2;;;;. The van der Waals surface area contributed by atoms with E-state index in [2.05, 4.69) is 18.3 Å². The Hall–Kier alpha value is -3.68. The van der Waals surface area contributed by atoms with Gasteiger partial charge in [-0.15, -0.1) is 9.15 Å². The van der Waals surface area contributed by atoms with E-state index >= 15 is 0 Å². The molecule has 0 radical (unpaired) electrons. The van der Waals surface area contributed by atoms with Crippen molar-refractivity contribution in [3.8, 4) is 0 Å². The Labute approximate surface area is 168 Å². The van der Waals surface area contributed by atoms with Crippen LogP contribution in [0.15, 0.2) is 68.5 Å². The SMILES string of the molecule is C.C.C.C.C1=CC2=[N+]3C1=NC1=[N+]4C(=Nc5ccc6n5C43n3c(ccc3=N6)=N2)C=C1. The third-order valence-corrected chi connectivity index (χ3v) is 5.48. The van der Waals surface area contributed by atoms with Crippen LogP contribution in [-0.4, -0.2) is 41.6 Å². The number of nitrogens with zero attached hydrogens (tertiary/aromatic N) is 8. The highest BCUT2D eigenvalue weighted by Crippen LogP contribution is 2.43. The van der Waals surface area contributed by atoms with Crippen molar-refractivity contribution in [1.82, 2.24) is 9.13 Å². The summed E-state index contributed by atoms with van der Waals surface area (Å²) in [7, 11) is 0. The van der Waals surface area contributed by atoms with Crippen LogP contribution in [0.25, 0.3) is 0 Å². The maximum atomic E-state index is 4.82. The lowest BCUT2D eigenvalue weighted by molar-refractivity contribution is -0.791. The quantitative estimate of drug-likeness (QED) is 0.622. The van der Waals surface area contributed by atoms with Gasteiger partial charge < -0.3 is 0 Å². The van der Waals surface area contributed by atoms with Gasteiger partial charge >= 0.3 is 5.91 Å². The van der Waals surface area contributed by atoms with Crippen LogP contribution in [0.4, 0.5) is 11.6 Å². The molecule has 2 aromatic rings. The smallest absolute Gasteiger partial charge is 0.212 e. The topological polar surface area (TPSA) is 65.3 Å². The number of aliphatic imine (C=N–C) groups is 2. The minimum absolute atomic E-state index is 0. The first kappa shape index (κ1) is 18.7. The van der Waals surface area contributed by atoms with Crippen LogP contribution in [-0.2, 0) is 5.91 Å². The molecule has 0 aliphatic carbocycles. The lowest BCUT2D eigenvalue weighted by atomic mass is 10.3. The van der Waals surface area contributed by atoms with Crippen molar-refractivity contribution in [3.63, 3.8) is 0 Å². The molecule has 8 rings (SSSR count). The van der Waals surface area contributed by atoms with Gasteiger partial charge in [0, 0.05) is 36.4 Å². The van der Waals surface area contributed by atoms with Crippen molar-refractivity contribution in [2.24, 2.45) is 20.0 Å². The summed E-state index contributed by atoms with van der Waals surface area (Å²) in [6.07, 6.45) is 8.10. The molecule has 1 spiro atoms. The van der Waals surface area contributed by atoms with Crippen molar-refractivity contribution in [1.29, 1.82) is 0 Å². The number of hydrogen-bond donors (Lipinski definition) is 0. The highest BCUT2D eigenvalue weighted by atomic mass is 15.7. The molecule has 0 fully saturated rings. The third-order valence-electron chi connectivity index (χ3n) is 5.48. The van der Waals surface area contributed by atoms with Crippen LogP contribution in [0, 0.1) is 0 Å². The van der Waals surface area contributed by atoms with Crippen LogP contribution in [0.2, 0.25) is 0 Å². The first-order valence-electron chi connectivity index (χ1n) is 8.11. The second-order valence-electron chi connectivity index (χ2n) is 6.59. The highest BCUT2D eigenvalue weighted by Gasteiger charge is 2.64. The van der Waals surface area contributed by atoms with Crippen molar-refractivity contribution < 1.29 is 9.15 Å². The number of rotatable bonds is 0. The van der Waals surface area contributed by atoms with Crippen molar-refractivity contribution in [2.45, 2.75) is 35.6 Å². The van der Waals surface area contributed by atoms with Gasteiger partial charge in [-0.2, -0.15) is 0 Å². The number of amidine groups is 4. The van der Waals surface area contributed by atoms with Crippen molar-refractivity contribution in [2.75, 3.05) is 0 Å². The highest BCUT2D eigenvalue weighted by molar-refractivity contribution is 6.15. The predicted molar refractivity (Wildman–Crippen MR) is 114 cm³/mol. The summed E-state index contributed by atoms with van der Waals surface area (Å²) in [5, 5.41) is 0. The van der Waals surface area contributed by atoms with Crippen LogP contribution in [0.1, 0.15) is 29.7 Å². The molecule has 2 aromatic heterocycles. The molecule has 8 heteroatoms. The summed E-state index contributed by atoms with van der Waals surface area (Å²) in [5.41, 5.74) is 1.77. The minimum atomic E-state index is -0.683. The van der Waals surface area contributed by atoms with Gasteiger partial charge in [0.15, 0.2) is 0 Å². The largest absolute Gasteiger partial charge is 0.402 e. The maximum absolute atomic E-state index is 4.82. The molecule has 8 nitrogen and oxygen atoms in total. The summed E-state index contributed by atoms with van der Waals surface area (Å²) in [6, 6.07) is 8.10. The molecule has 29 heavy (non-hydrogen) atoms. The zero-order valence-corrected chi connectivity index (χ0v) is 12.7. The van der Waals surface area contributed by atoms with E-state index in [0.29, 0.717) is 0 Å². The van der Waals surface area contributed by atoms with Gasteiger partial charge in [0.25, 0.3) is 23.3 Å². The fourth-order valence-electron chi connectivity index (χ4n) is 4.66. The van der Waals surface area contributed by atoms with E-state index in [-0.39, 0.29) is 29.7 Å². The Kier molecular flexibility index (Phi) is 3.36. The average Bonchev–Trinajstić information content (AvgIpc) is 3.38. The first-order chi connectivity index (χ1) is 12.4. The molecule has 1 atom stereocenters. The number of hydrogen-bond acceptors (Lipinski definition) is 4. The molecular weight excluding hydrogens is 364 g/mol. The van der Waals surface area contributed by atoms with Crippen LogP contribution < -0.4 is 11.0 Å². The van der Waals surface area contributed by atoms with Crippen LogP contribution in [0.5, 0.6) is 0 Å². The molecule has 1 unspecified atom stereocenters. The third kappa shape index (κ3) is 1.55. The van der Waals surface area contributed by atoms with Gasteiger partial charge in [-0.05, 0) is 12.1 Å². The second kappa shape index (κ2) is 5.22. The van der Waals surface area contributed by atoms with E-state index in [4.69, 9.17) is 20.0 Å². The summed E-state index contributed by atoms with van der Waals surface area (Å²) in [6.45, 7) is 0. The monoisotopic (exact) mass is 388 g/mol. The molecule has 0 saturated carbocycles. The molecule has 8 heterocycles. The van der Waals surface area contributed by atoms with E-state index < -0.39 is 5.91 Å². The Morgan fingerprint density at radius 1 is 0.586 bits per heavy atom. The van der Waals surface area contributed by atoms with Gasteiger partial charge in [0.2, 0.25) is 11.3 Å². The lowest BCUT2D eigenvalue weighted by Gasteiger charge is -2.41. The van der Waals surface area contributed by atoms with Crippen molar-refractivity contribution in [3.05, 3.63) is 59.5 Å². The molecule has 0 bridgehead atoms. The van der Waals surface area contributed by atoms with E-state index in [9.17, 15) is 0 Å². The van der Waals surface area contributed by atoms with Gasteiger partial charge in [-0.1, -0.05) is 44.7 Å². The molecule has 0 saturated heterocycles. The Morgan fingerprint density at radius 2 is 1.14 bits per heavy atom. The zero-order valence-electron chi connectivity index (χ0n) is 12.7. The fourth-order valence-corrected chi connectivity index (χ4v) is 4.66. The van der Waals surface area contributed by atoms with E-state index in [1.165, 1.54) is 0 Å². The van der Waals surface area contributed by atoms with E-state index in [0.717, 1.165) is 46.0 Å². The Morgan fingerprint density at radius 3 is 1.83 bits per heavy atom. The zero-order chi connectivity index (χ0) is 15.9. The molecule has 0 aromatic carbocycles. The molecule has 6 aliphatic rings. The molecule has 6 aliphatic heterocycles. The van der Waals surface area contributed by atoms with Gasteiger partial charge in [0.05, 0.1) is 0 Å². The number of aromatic nitrogens is 2. The van der Waals surface area contributed by atoms with Crippen molar-refractivity contribution >= 4 is 35.0 Å². The minimum Gasteiger partial charge on any atom is -0.212 e. The second-order valence-corrected chi connectivity index (χ2v) is 6.59. The molecule has 0 N–H and O–H groups in total. The van der Waals surface area contributed by atoms with E-state index in [1.54, 1.807) is 0 Å². The molecule has 0 amide bonds. The summed E-state index contributed by atoms with van der Waals surface area (Å²) in [5.74, 6) is 4.63. The molecule has 146 valence electrons. The lowest BCUT2D eigenvalue weighted by Crippen LogP contribution is -2.71. The fraction of sp³-hybridized carbons (Fsp3) is 0.238. The van der Waals surface area contributed by atoms with Crippen LogP contribution >= 0.6 is 0 Å². The first-order valence-corrected chi connectivity index (χ1v) is 8.11. The van der Waals surface area contributed by atoms with E-state index in [1.807, 2.05) is 48.6 Å². The van der Waals surface area contributed by atoms with Gasteiger partial charge in [-0.25, -0.2) is 14.1 Å². The predicted octanol–water partition coefficient (Wildman–Crippen LogP) is 2.27. The van der Waals surface area contributed by atoms with Crippen LogP contribution in [0.3, 0.4) is 0 Å². The Bertz CT molecular complexity index is 1430. The normalized spacial score (nSPS) is 23.3. The summed E-state index contributed by atoms with van der Waals surface area (Å²) >= 11 is 0. The summed E-state index contributed by atoms with van der Waals surface area (Å²) < 4.78 is 8.71.